The molecule has 0 N–H and O–H groups in total. The molecule has 0 aliphatic carbocycles. The smallest absolute Gasteiger partial charge is 0.266 e. The number of nitrogens with zero attached hydrogens (tertiary/aromatic N) is 5. The molecule has 0 aliphatic heterocycles. The first-order chi connectivity index (χ1) is 12.1. The first-order valence-electron chi connectivity index (χ1n) is 7.18. The Hall–Kier alpha value is -3.46. The van der Waals surface area contributed by atoms with Crippen molar-refractivity contribution in [1.82, 2.24) is 19.6 Å². The van der Waals surface area contributed by atoms with E-state index in [1.54, 1.807) is 42.7 Å². The second-order valence-electron chi connectivity index (χ2n) is 5.13. The third kappa shape index (κ3) is 2.76. The monoisotopic (exact) mass is 351 g/mol. The Morgan fingerprint density at radius 1 is 1.12 bits per heavy atom. The Bertz CT molecular complexity index is 1180. The molecule has 3 aromatic heterocycles. The van der Waals surface area contributed by atoms with Gasteiger partial charge in [0.2, 0.25) is 4.96 Å². The van der Waals surface area contributed by atoms with Crippen LogP contribution >= 0.6 is 11.3 Å². The molecule has 0 bridgehead atoms. The summed E-state index contributed by atoms with van der Waals surface area (Å²) in [4.78, 5) is 31.5. The van der Waals surface area contributed by atoms with E-state index in [-0.39, 0.29) is 11.2 Å². The van der Waals surface area contributed by atoms with E-state index in [4.69, 9.17) is 0 Å². The van der Waals surface area contributed by atoms with Crippen molar-refractivity contribution in [1.29, 1.82) is 0 Å². The van der Waals surface area contributed by atoms with E-state index >= 15 is 0 Å². The fourth-order valence-corrected chi connectivity index (χ4v) is 3.21. The molecule has 0 amide bonds. The van der Waals surface area contributed by atoms with E-state index in [2.05, 4.69) is 15.1 Å². The average molecular weight is 351 g/mol. The highest BCUT2D eigenvalue weighted by molar-refractivity contribution is 7.15. The topological polar surface area (TPSA) is 103 Å². The quantitative estimate of drug-likeness (QED) is 0.411. The minimum atomic E-state index is -0.466. The van der Waals surface area contributed by atoms with Gasteiger partial charge in [0.1, 0.15) is 0 Å². The summed E-state index contributed by atoms with van der Waals surface area (Å²) in [5.41, 5.74) is 1.21. The molecule has 4 aromatic rings. The summed E-state index contributed by atoms with van der Waals surface area (Å²) in [6.45, 7) is 0. The predicted octanol–water partition coefficient (Wildman–Crippen LogP) is 1.67. The van der Waals surface area contributed by atoms with Gasteiger partial charge in [0.05, 0.1) is 9.46 Å². The van der Waals surface area contributed by atoms with Crippen LogP contribution in [0.4, 0.5) is 5.69 Å². The van der Waals surface area contributed by atoms with Crippen molar-refractivity contribution < 1.29 is 4.92 Å². The molecule has 0 unspecified atom stereocenters. The fraction of sp³-hybridized carbons (Fsp3) is 0. The molecule has 0 atom stereocenters. The number of fused-ring (bicyclic) bond motifs is 1. The van der Waals surface area contributed by atoms with E-state index in [0.717, 1.165) is 5.56 Å². The Kier molecular flexibility index (Phi) is 3.55. The third-order valence-electron chi connectivity index (χ3n) is 3.52. The van der Waals surface area contributed by atoms with Crippen LogP contribution in [0.25, 0.3) is 22.4 Å². The van der Waals surface area contributed by atoms with Gasteiger partial charge >= 0.3 is 0 Å². The maximum absolute atomic E-state index is 12.5. The van der Waals surface area contributed by atoms with Crippen LogP contribution in [0.2, 0.25) is 0 Å². The van der Waals surface area contributed by atoms with Gasteiger partial charge in [-0.05, 0) is 35.9 Å². The standard InChI is InChI=1S/C16H9N5O3S/c22-15-13(9-10-1-3-12(4-2-10)21(23)24)25-16-18-14(19-20(15)16)11-5-7-17-8-6-11/h1-9H. The van der Waals surface area contributed by atoms with E-state index < -0.39 is 4.92 Å². The molecule has 8 nitrogen and oxygen atoms in total. The van der Waals surface area contributed by atoms with Crippen molar-refractivity contribution in [3.63, 3.8) is 0 Å². The summed E-state index contributed by atoms with van der Waals surface area (Å²) in [6.07, 6.45) is 4.94. The van der Waals surface area contributed by atoms with Gasteiger partial charge in [-0.15, -0.1) is 5.10 Å². The predicted molar refractivity (Wildman–Crippen MR) is 92.2 cm³/mol. The van der Waals surface area contributed by atoms with Crippen LogP contribution < -0.4 is 10.1 Å². The minimum absolute atomic E-state index is 0.00383. The van der Waals surface area contributed by atoms with Crippen LogP contribution in [0.5, 0.6) is 0 Å². The second kappa shape index (κ2) is 5.87. The number of non-ortho nitro benzene ring substituents is 1. The lowest BCUT2D eigenvalue weighted by Gasteiger charge is -1.92. The van der Waals surface area contributed by atoms with Gasteiger partial charge in [0.15, 0.2) is 5.82 Å². The molecule has 4 rings (SSSR count). The highest BCUT2D eigenvalue weighted by Crippen LogP contribution is 2.15. The van der Waals surface area contributed by atoms with Gasteiger partial charge in [-0.1, -0.05) is 11.3 Å². The molecule has 0 spiro atoms. The second-order valence-corrected chi connectivity index (χ2v) is 6.14. The molecule has 0 aliphatic rings. The summed E-state index contributed by atoms with van der Waals surface area (Å²) in [5, 5.41) is 14.9. The van der Waals surface area contributed by atoms with Gasteiger partial charge in [0.25, 0.3) is 11.2 Å². The minimum Gasteiger partial charge on any atom is -0.266 e. The van der Waals surface area contributed by atoms with E-state index in [0.29, 0.717) is 20.9 Å². The molecule has 0 fully saturated rings. The van der Waals surface area contributed by atoms with Crippen molar-refractivity contribution >= 4 is 28.1 Å². The zero-order chi connectivity index (χ0) is 17.4. The van der Waals surface area contributed by atoms with Crippen molar-refractivity contribution in [2.45, 2.75) is 0 Å². The van der Waals surface area contributed by atoms with E-state index in [9.17, 15) is 14.9 Å². The summed E-state index contributed by atoms with van der Waals surface area (Å²) in [7, 11) is 0. The number of aromatic nitrogens is 4. The number of rotatable bonds is 3. The first kappa shape index (κ1) is 15.1. The first-order valence-corrected chi connectivity index (χ1v) is 7.99. The summed E-state index contributed by atoms with van der Waals surface area (Å²) in [5.74, 6) is 0.465. The molecule has 0 saturated carbocycles. The van der Waals surface area contributed by atoms with Crippen molar-refractivity contribution in [2.24, 2.45) is 0 Å². The lowest BCUT2D eigenvalue weighted by molar-refractivity contribution is -0.384. The maximum atomic E-state index is 12.5. The Morgan fingerprint density at radius 2 is 1.84 bits per heavy atom. The van der Waals surface area contributed by atoms with Crippen molar-refractivity contribution in [2.75, 3.05) is 0 Å². The number of nitro groups is 1. The molecule has 122 valence electrons. The highest BCUT2D eigenvalue weighted by Gasteiger charge is 2.12. The van der Waals surface area contributed by atoms with Gasteiger partial charge < -0.3 is 0 Å². The molecule has 3 heterocycles. The Labute approximate surface area is 143 Å². The van der Waals surface area contributed by atoms with Crippen LogP contribution in [0.15, 0.2) is 53.6 Å². The van der Waals surface area contributed by atoms with Gasteiger partial charge in [-0.25, -0.2) is 0 Å². The number of hydrogen-bond donors (Lipinski definition) is 0. The lowest BCUT2D eigenvalue weighted by atomic mass is 10.2. The number of pyridine rings is 1. The molecule has 9 heteroatoms. The van der Waals surface area contributed by atoms with Crippen LogP contribution in [0, 0.1) is 10.1 Å². The normalized spacial score (nSPS) is 11.9. The van der Waals surface area contributed by atoms with E-state index in [1.165, 1.54) is 28.0 Å². The highest BCUT2D eigenvalue weighted by atomic mass is 32.1. The fourth-order valence-electron chi connectivity index (χ4n) is 2.30. The Morgan fingerprint density at radius 3 is 2.48 bits per heavy atom. The molecular formula is C16H9N5O3S. The Balaban J connectivity index is 1.76. The molecule has 25 heavy (non-hydrogen) atoms. The number of benzene rings is 1. The number of nitro benzene ring substituents is 1. The van der Waals surface area contributed by atoms with Crippen LogP contribution in [0.1, 0.15) is 5.56 Å². The summed E-state index contributed by atoms with van der Waals surface area (Å²) in [6, 6.07) is 9.52. The average Bonchev–Trinajstić information content (AvgIpc) is 3.16. The van der Waals surface area contributed by atoms with Gasteiger partial charge in [-0.3, -0.25) is 19.9 Å². The molecule has 0 saturated heterocycles. The number of thiazole rings is 1. The zero-order valence-corrected chi connectivity index (χ0v) is 13.4. The SMILES string of the molecule is O=c1c(=Cc2ccc([N+](=O)[O-])cc2)sc2nc(-c3ccncc3)nn12. The number of hydrogen-bond acceptors (Lipinski definition) is 7. The maximum Gasteiger partial charge on any atom is 0.291 e. The zero-order valence-electron chi connectivity index (χ0n) is 12.6. The van der Waals surface area contributed by atoms with Crippen LogP contribution in [-0.4, -0.2) is 24.5 Å². The van der Waals surface area contributed by atoms with Gasteiger partial charge in [0, 0.05) is 30.1 Å². The van der Waals surface area contributed by atoms with Crippen molar-refractivity contribution in [3.8, 4) is 11.4 Å². The molecular weight excluding hydrogens is 342 g/mol. The summed E-state index contributed by atoms with van der Waals surface area (Å²) < 4.78 is 1.72. The molecule has 1 aromatic carbocycles. The molecule has 0 radical (unpaired) electrons. The van der Waals surface area contributed by atoms with Gasteiger partial charge in [-0.2, -0.15) is 9.50 Å². The van der Waals surface area contributed by atoms with Crippen molar-refractivity contribution in [3.05, 3.63) is 79.4 Å². The third-order valence-corrected chi connectivity index (χ3v) is 4.48. The lowest BCUT2D eigenvalue weighted by Crippen LogP contribution is -2.23. The summed E-state index contributed by atoms with van der Waals surface area (Å²) >= 11 is 1.22. The largest absolute Gasteiger partial charge is 0.291 e. The van der Waals surface area contributed by atoms with E-state index in [1.807, 2.05) is 0 Å². The van der Waals surface area contributed by atoms with Crippen LogP contribution in [0.3, 0.4) is 0 Å². The van der Waals surface area contributed by atoms with Crippen LogP contribution in [-0.2, 0) is 0 Å².